The Bertz CT molecular complexity index is 1390. The smallest absolute Gasteiger partial charge is 0.257 e. The topological polar surface area (TPSA) is 106 Å². The first kappa shape index (κ1) is 23.4. The molecule has 1 atom stereocenters. The van der Waals surface area contributed by atoms with Gasteiger partial charge < -0.3 is 20.5 Å². The highest BCUT2D eigenvalue weighted by Gasteiger charge is 2.32. The van der Waals surface area contributed by atoms with Crippen LogP contribution in [0.5, 0.6) is 5.75 Å². The van der Waals surface area contributed by atoms with E-state index in [1.165, 1.54) is 17.0 Å². The van der Waals surface area contributed by atoms with E-state index in [-0.39, 0.29) is 17.4 Å². The van der Waals surface area contributed by atoms with E-state index >= 15 is 0 Å². The summed E-state index contributed by atoms with van der Waals surface area (Å²) in [5, 5.41) is 8.52. The first-order chi connectivity index (χ1) is 15.9. The third-order valence-corrected chi connectivity index (χ3v) is 5.41. The number of nitrogens with zero attached hydrogens (tertiary/aromatic N) is 4. The largest absolute Gasteiger partial charge is 0.491 e. The van der Waals surface area contributed by atoms with Gasteiger partial charge in [0.1, 0.15) is 29.5 Å². The van der Waals surface area contributed by atoms with E-state index in [1.807, 2.05) is 25.1 Å². The van der Waals surface area contributed by atoms with Crippen molar-refractivity contribution in [3.63, 3.8) is 0 Å². The molecule has 3 N–H and O–H groups in total. The minimum absolute atomic E-state index is 0.0397. The highest BCUT2D eigenvalue weighted by Crippen LogP contribution is 2.37. The van der Waals surface area contributed by atoms with Crippen molar-refractivity contribution in [1.82, 2.24) is 19.3 Å². The van der Waals surface area contributed by atoms with Crippen LogP contribution in [0.25, 0.3) is 16.6 Å². The van der Waals surface area contributed by atoms with Gasteiger partial charge in [-0.1, -0.05) is 12.1 Å². The van der Waals surface area contributed by atoms with Gasteiger partial charge in [-0.15, -0.1) is 0 Å². The summed E-state index contributed by atoms with van der Waals surface area (Å²) in [5.74, 6) is -0.0747. The van der Waals surface area contributed by atoms with E-state index in [2.05, 4.69) is 9.97 Å². The summed E-state index contributed by atoms with van der Waals surface area (Å²) in [6.07, 6.45) is 3.14. The van der Waals surface area contributed by atoms with Crippen molar-refractivity contribution in [1.29, 1.82) is 0 Å². The lowest BCUT2D eigenvalue weighted by Gasteiger charge is -2.24. The molecule has 0 fully saturated rings. The molecule has 9 heteroatoms. The SMILES string of the molecule is CC(C)(C)O.Cc1ccc2c(c1)OCC2N(C)C(=O)c1cc2c(cc1F)nc(N)c1cncn12. The number of ether oxygens (including phenoxy) is 1. The summed E-state index contributed by atoms with van der Waals surface area (Å²) < 4.78 is 22.3. The number of aliphatic hydroxyl groups is 1. The number of carbonyl (C=O) groups excluding carboxylic acids is 1. The number of aryl methyl sites for hydroxylation is 1. The number of likely N-dealkylation sites (N-methyl/N-ethyl adjacent to an activating group) is 1. The fourth-order valence-electron chi connectivity index (χ4n) is 3.81. The molecule has 1 aliphatic heterocycles. The first-order valence-electron chi connectivity index (χ1n) is 10.9. The molecular formula is C25H28FN5O3. The quantitative estimate of drug-likeness (QED) is 0.465. The molecular weight excluding hydrogens is 437 g/mol. The molecule has 8 nitrogen and oxygen atoms in total. The second kappa shape index (κ2) is 8.57. The fraction of sp³-hybridized carbons (Fsp3) is 0.320. The monoisotopic (exact) mass is 465 g/mol. The third-order valence-electron chi connectivity index (χ3n) is 5.41. The number of nitrogens with two attached hydrogens (primary N) is 1. The second-order valence-electron chi connectivity index (χ2n) is 9.42. The lowest BCUT2D eigenvalue weighted by molar-refractivity contribution is 0.0704. The van der Waals surface area contributed by atoms with Crippen LogP contribution in [0.15, 0.2) is 42.9 Å². The molecule has 34 heavy (non-hydrogen) atoms. The van der Waals surface area contributed by atoms with Gasteiger partial charge in [0, 0.05) is 18.7 Å². The van der Waals surface area contributed by atoms with Crippen LogP contribution in [-0.4, -0.2) is 49.5 Å². The zero-order valence-electron chi connectivity index (χ0n) is 19.8. The lowest BCUT2D eigenvalue weighted by Crippen LogP contribution is -2.32. The first-order valence-corrected chi connectivity index (χ1v) is 10.9. The molecule has 0 saturated carbocycles. The molecule has 0 bridgehead atoms. The van der Waals surface area contributed by atoms with Crippen LogP contribution in [0.1, 0.15) is 48.3 Å². The third kappa shape index (κ3) is 4.51. The maximum Gasteiger partial charge on any atom is 0.257 e. The summed E-state index contributed by atoms with van der Waals surface area (Å²) in [7, 11) is 1.66. The summed E-state index contributed by atoms with van der Waals surface area (Å²) >= 11 is 0. The molecule has 1 unspecified atom stereocenters. The van der Waals surface area contributed by atoms with Crippen molar-refractivity contribution >= 4 is 28.3 Å². The van der Waals surface area contributed by atoms with Gasteiger partial charge >= 0.3 is 0 Å². The van der Waals surface area contributed by atoms with E-state index < -0.39 is 17.3 Å². The van der Waals surface area contributed by atoms with Gasteiger partial charge in [0.05, 0.1) is 40.8 Å². The van der Waals surface area contributed by atoms with Gasteiger partial charge in [-0.05, 0) is 45.4 Å². The number of imidazole rings is 1. The highest BCUT2D eigenvalue weighted by atomic mass is 19.1. The number of hydrogen-bond donors (Lipinski definition) is 2. The summed E-state index contributed by atoms with van der Waals surface area (Å²) in [6, 6.07) is 8.30. The minimum Gasteiger partial charge on any atom is -0.491 e. The Kier molecular flexibility index (Phi) is 5.91. The lowest BCUT2D eigenvalue weighted by atomic mass is 10.0. The van der Waals surface area contributed by atoms with Gasteiger partial charge in [-0.25, -0.2) is 14.4 Å². The molecule has 3 heterocycles. The van der Waals surface area contributed by atoms with Gasteiger partial charge in [0.15, 0.2) is 0 Å². The van der Waals surface area contributed by atoms with Crippen molar-refractivity contribution < 1.29 is 19.0 Å². The number of carbonyl (C=O) groups is 1. The van der Waals surface area contributed by atoms with E-state index in [9.17, 15) is 9.18 Å². The molecule has 0 spiro atoms. The van der Waals surface area contributed by atoms with Crippen LogP contribution >= 0.6 is 0 Å². The number of amides is 1. The Labute approximate surface area is 196 Å². The number of halogens is 1. The van der Waals surface area contributed by atoms with Crippen molar-refractivity contribution in [3.05, 3.63) is 65.4 Å². The predicted molar refractivity (Wildman–Crippen MR) is 128 cm³/mol. The number of benzene rings is 2. The van der Waals surface area contributed by atoms with Crippen LogP contribution in [0.2, 0.25) is 0 Å². The standard InChI is InChI=1S/C21H18FN5O2.C4H10O/c1-11-3-4-12-18(9-29-19(12)5-11)26(2)21(28)13-6-16-15(7-14(13)22)25-20(23)17-8-24-10-27(16)17;1-4(2,3)5/h3-8,10,18H,9H2,1-2H3,(H2,23,25);5H,1-3H3. The number of hydrogen-bond acceptors (Lipinski definition) is 6. The Morgan fingerprint density at radius 2 is 1.97 bits per heavy atom. The molecule has 5 rings (SSSR count). The van der Waals surface area contributed by atoms with Crippen molar-refractivity contribution in [2.75, 3.05) is 19.4 Å². The average molecular weight is 466 g/mol. The Balaban J connectivity index is 0.000000499. The van der Waals surface area contributed by atoms with Crippen molar-refractivity contribution in [3.8, 4) is 5.75 Å². The molecule has 1 amide bonds. The van der Waals surface area contributed by atoms with Crippen LogP contribution < -0.4 is 10.5 Å². The molecule has 178 valence electrons. The van der Waals surface area contributed by atoms with Gasteiger partial charge in [0.2, 0.25) is 0 Å². The maximum atomic E-state index is 14.8. The zero-order valence-corrected chi connectivity index (χ0v) is 19.8. The predicted octanol–water partition coefficient (Wildman–Crippen LogP) is 3.90. The van der Waals surface area contributed by atoms with Crippen molar-refractivity contribution in [2.24, 2.45) is 0 Å². The minimum atomic E-state index is -0.649. The summed E-state index contributed by atoms with van der Waals surface area (Å²) in [5.41, 5.74) is 8.89. The molecule has 4 aromatic rings. The van der Waals surface area contributed by atoms with E-state index in [0.717, 1.165) is 16.9 Å². The van der Waals surface area contributed by atoms with Crippen LogP contribution in [-0.2, 0) is 0 Å². The van der Waals surface area contributed by atoms with Gasteiger partial charge in [-0.3, -0.25) is 9.20 Å². The zero-order chi connectivity index (χ0) is 24.8. The average Bonchev–Trinajstić information content (AvgIpc) is 3.38. The molecule has 0 radical (unpaired) electrons. The molecule has 2 aromatic heterocycles. The number of aromatic nitrogens is 3. The highest BCUT2D eigenvalue weighted by molar-refractivity contribution is 5.98. The Morgan fingerprint density at radius 1 is 1.26 bits per heavy atom. The van der Waals surface area contributed by atoms with E-state index in [4.69, 9.17) is 15.6 Å². The summed E-state index contributed by atoms with van der Waals surface area (Å²) in [4.78, 5) is 23.0. The number of anilines is 1. The number of fused-ring (bicyclic) bond motifs is 4. The van der Waals surface area contributed by atoms with Gasteiger partial charge in [0.25, 0.3) is 5.91 Å². The van der Waals surface area contributed by atoms with E-state index in [0.29, 0.717) is 23.2 Å². The molecule has 1 aliphatic rings. The maximum absolute atomic E-state index is 14.8. The normalized spacial score (nSPS) is 15.0. The van der Waals surface area contributed by atoms with Crippen LogP contribution in [0, 0.1) is 12.7 Å². The van der Waals surface area contributed by atoms with Crippen molar-refractivity contribution in [2.45, 2.75) is 39.3 Å². The fourth-order valence-corrected chi connectivity index (χ4v) is 3.81. The summed E-state index contributed by atoms with van der Waals surface area (Å²) in [6.45, 7) is 7.54. The molecule has 2 aromatic carbocycles. The van der Waals surface area contributed by atoms with Crippen LogP contribution in [0.3, 0.4) is 0 Å². The van der Waals surface area contributed by atoms with E-state index in [1.54, 1.807) is 44.7 Å². The molecule has 0 aliphatic carbocycles. The molecule has 0 saturated heterocycles. The second-order valence-corrected chi connectivity index (χ2v) is 9.42. The number of rotatable bonds is 2. The Morgan fingerprint density at radius 3 is 2.68 bits per heavy atom. The van der Waals surface area contributed by atoms with Gasteiger partial charge in [-0.2, -0.15) is 0 Å². The van der Waals surface area contributed by atoms with Crippen LogP contribution in [0.4, 0.5) is 10.2 Å². The Hall–Kier alpha value is -3.72. The number of nitrogen functional groups attached to an aromatic ring is 1.